The summed E-state index contributed by atoms with van der Waals surface area (Å²) in [4.78, 5) is 13.7. The second-order valence-electron chi connectivity index (χ2n) is 9.78. The summed E-state index contributed by atoms with van der Waals surface area (Å²) in [5.41, 5.74) is -0.120. The summed E-state index contributed by atoms with van der Waals surface area (Å²) in [6.45, 7) is 0. The van der Waals surface area contributed by atoms with Crippen LogP contribution in [0.1, 0.15) is 44.9 Å². The lowest BCUT2D eigenvalue weighted by Gasteiger charge is -2.39. The number of halogens is 3. The predicted molar refractivity (Wildman–Crippen MR) is 130 cm³/mol. The third-order valence-electron chi connectivity index (χ3n) is 7.06. The van der Waals surface area contributed by atoms with Crippen LogP contribution in [0.25, 0.3) is 0 Å². The molecule has 0 radical (unpaired) electrons. The number of sulfone groups is 1. The maximum absolute atomic E-state index is 12.7. The Morgan fingerprint density at radius 2 is 1.65 bits per heavy atom. The van der Waals surface area contributed by atoms with Crippen molar-refractivity contribution in [3.8, 4) is 6.07 Å². The molecule has 9 nitrogen and oxygen atoms in total. The number of anilines is 1. The van der Waals surface area contributed by atoms with Crippen molar-refractivity contribution in [2.75, 3.05) is 5.32 Å². The van der Waals surface area contributed by atoms with Gasteiger partial charge in [-0.05, 0) is 69.2 Å². The van der Waals surface area contributed by atoms with Crippen LogP contribution in [0.5, 0.6) is 0 Å². The van der Waals surface area contributed by atoms with Crippen molar-refractivity contribution in [1.29, 1.82) is 10.7 Å². The van der Waals surface area contributed by atoms with Gasteiger partial charge in [-0.3, -0.25) is 15.1 Å². The van der Waals surface area contributed by atoms with Crippen molar-refractivity contribution in [3.05, 3.63) is 36.0 Å². The molecular formula is C24H29F3N6O3S. The fourth-order valence-electron chi connectivity index (χ4n) is 4.92. The molecule has 0 spiro atoms. The van der Waals surface area contributed by atoms with Gasteiger partial charge in [0.15, 0.2) is 0 Å². The molecule has 1 aromatic rings. The minimum Gasteiger partial charge on any atom is -0.386 e. The maximum atomic E-state index is 12.7. The number of carbonyl (C=O) groups excluding carboxylic acids is 1. The fraction of sp³-hybridized carbons (Fsp3) is 0.542. The zero-order valence-corrected chi connectivity index (χ0v) is 20.8. The first-order valence-electron chi connectivity index (χ1n) is 12.1. The molecule has 13 heteroatoms. The molecule has 3 fully saturated rings. The zero-order valence-electron chi connectivity index (χ0n) is 20.0. The molecule has 0 saturated heterocycles. The molecule has 3 saturated carbocycles. The Kier molecular flexibility index (Phi) is 7.52. The molecule has 3 aliphatic rings. The number of primary amides is 1. The first-order chi connectivity index (χ1) is 17.4. The van der Waals surface area contributed by atoms with Crippen LogP contribution < -0.4 is 16.4 Å². The number of nitrogens with zero attached hydrogens (tertiary/aromatic N) is 2. The Balaban J connectivity index is 1.39. The van der Waals surface area contributed by atoms with Gasteiger partial charge in [0.25, 0.3) is 15.7 Å². The number of alkyl halides is 3. The summed E-state index contributed by atoms with van der Waals surface area (Å²) < 4.78 is 61.2. The minimum absolute atomic E-state index is 0.0916. The lowest BCUT2D eigenvalue weighted by Crippen LogP contribution is -2.47. The molecular weight excluding hydrogens is 509 g/mol. The molecule has 1 aromatic carbocycles. The largest absolute Gasteiger partial charge is 0.501 e. The molecule has 3 aliphatic carbocycles. The number of amidine groups is 1. The average Bonchev–Trinajstić information content (AvgIpc) is 3.75. The number of nitrogens with two attached hydrogens (primary N) is 1. The first-order valence-corrected chi connectivity index (χ1v) is 13.6. The van der Waals surface area contributed by atoms with Crippen LogP contribution in [-0.2, 0) is 14.6 Å². The summed E-state index contributed by atoms with van der Waals surface area (Å²) in [6.07, 6.45) is 8.51. The third kappa shape index (κ3) is 6.07. The van der Waals surface area contributed by atoms with Gasteiger partial charge in [-0.15, -0.1) is 0 Å². The summed E-state index contributed by atoms with van der Waals surface area (Å²) in [6, 6.07) is 7.41. The SMILES string of the molecule is N#C[C@H]1CC(N(C2CC2)C2CC2)CC[C@@H]1N/C=C(\C(=N)Nc1ccc(S(=O)(=O)C(F)(F)F)cc1)C(N)=O. The van der Waals surface area contributed by atoms with Gasteiger partial charge in [0.1, 0.15) is 5.84 Å². The number of amides is 1. The highest BCUT2D eigenvalue weighted by molar-refractivity contribution is 7.92. The lowest BCUT2D eigenvalue weighted by molar-refractivity contribution is -0.114. The average molecular weight is 539 g/mol. The van der Waals surface area contributed by atoms with E-state index in [4.69, 9.17) is 11.1 Å². The first kappa shape index (κ1) is 26.9. The van der Waals surface area contributed by atoms with Crippen molar-refractivity contribution in [1.82, 2.24) is 10.2 Å². The lowest BCUT2D eigenvalue weighted by atomic mass is 9.81. The van der Waals surface area contributed by atoms with Crippen LogP contribution in [-0.4, -0.2) is 54.7 Å². The topological polar surface area (TPSA) is 152 Å². The van der Waals surface area contributed by atoms with Gasteiger partial charge in [-0.25, -0.2) is 8.42 Å². The molecule has 4 rings (SSSR count). The number of hydrogen-bond donors (Lipinski definition) is 4. The summed E-state index contributed by atoms with van der Waals surface area (Å²) in [5.74, 6) is -1.63. The molecule has 0 heterocycles. The molecule has 0 aromatic heterocycles. The Morgan fingerprint density at radius 1 is 1.08 bits per heavy atom. The highest BCUT2D eigenvalue weighted by Crippen LogP contribution is 2.42. The van der Waals surface area contributed by atoms with Gasteiger partial charge in [-0.1, -0.05) is 0 Å². The van der Waals surface area contributed by atoms with Crippen LogP contribution in [0.2, 0.25) is 0 Å². The van der Waals surface area contributed by atoms with E-state index < -0.39 is 32.0 Å². The fourth-order valence-corrected chi connectivity index (χ4v) is 5.68. The van der Waals surface area contributed by atoms with Crippen LogP contribution in [0, 0.1) is 22.7 Å². The van der Waals surface area contributed by atoms with E-state index in [-0.39, 0.29) is 23.2 Å². The van der Waals surface area contributed by atoms with E-state index in [2.05, 4.69) is 21.6 Å². The minimum atomic E-state index is -5.50. The van der Waals surface area contributed by atoms with E-state index in [0.29, 0.717) is 18.1 Å². The van der Waals surface area contributed by atoms with Crippen molar-refractivity contribution < 1.29 is 26.4 Å². The summed E-state index contributed by atoms with van der Waals surface area (Å²) >= 11 is 0. The second-order valence-corrected chi connectivity index (χ2v) is 11.7. The van der Waals surface area contributed by atoms with E-state index in [1.807, 2.05) is 0 Å². The molecule has 5 N–H and O–H groups in total. The number of carbonyl (C=O) groups is 1. The van der Waals surface area contributed by atoms with Crippen LogP contribution in [0.3, 0.4) is 0 Å². The third-order valence-corrected chi connectivity index (χ3v) is 8.56. The van der Waals surface area contributed by atoms with E-state index in [1.54, 1.807) is 0 Å². The maximum Gasteiger partial charge on any atom is 0.501 e. The van der Waals surface area contributed by atoms with Crippen LogP contribution in [0.4, 0.5) is 18.9 Å². The molecule has 1 amide bonds. The van der Waals surface area contributed by atoms with Gasteiger partial charge in [0.05, 0.1) is 22.5 Å². The number of nitriles is 1. The normalized spacial score (nSPS) is 24.8. The number of benzene rings is 1. The Morgan fingerprint density at radius 3 is 2.14 bits per heavy atom. The van der Waals surface area contributed by atoms with Crippen molar-refractivity contribution in [3.63, 3.8) is 0 Å². The van der Waals surface area contributed by atoms with Gasteiger partial charge in [0, 0.05) is 36.1 Å². The quantitative estimate of drug-likeness (QED) is 0.214. The molecule has 0 bridgehead atoms. The van der Waals surface area contributed by atoms with Crippen molar-refractivity contribution in [2.45, 2.75) is 79.5 Å². The molecule has 3 atom stereocenters. The van der Waals surface area contributed by atoms with Crippen LogP contribution >= 0.6 is 0 Å². The van der Waals surface area contributed by atoms with Gasteiger partial charge >= 0.3 is 5.51 Å². The highest BCUT2D eigenvalue weighted by Gasteiger charge is 2.47. The number of hydrogen-bond acceptors (Lipinski definition) is 7. The van der Waals surface area contributed by atoms with Crippen molar-refractivity contribution >= 4 is 27.3 Å². The number of nitrogens with one attached hydrogen (secondary N) is 3. The number of rotatable bonds is 9. The summed E-state index contributed by atoms with van der Waals surface area (Å²) in [7, 11) is -5.50. The van der Waals surface area contributed by atoms with Gasteiger partial charge < -0.3 is 16.4 Å². The Hall–Kier alpha value is -3.11. The smallest absolute Gasteiger partial charge is 0.386 e. The molecule has 37 heavy (non-hydrogen) atoms. The second kappa shape index (κ2) is 10.3. The van der Waals surface area contributed by atoms with Crippen LogP contribution in [0.15, 0.2) is 40.9 Å². The zero-order chi connectivity index (χ0) is 27.0. The standard InChI is InChI=1S/C24H29F3N6O3S/c25-24(26,27)37(35,36)19-8-1-15(2-9-19)32-22(29)20(23(30)34)13-31-21-10-7-18(11-14(21)12-28)33(16-3-4-16)17-5-6-17/h1-2,8-9,13-14,16-18,21,31H,3-7,10-11H2,(H2,29,32)(H2,30,34)/b20-13+/t14-,18?,21+/m1/s1. The molecule has 1 unspecified atom stereocenters. The van der Waals surface area contributed by atoms with E-state index in [1.165, 1.54) is 31.9 Å². The summed E-state index contributed by atoms with van der Waals surface area (Å²) in [5, 5.41) is 23.6. The van der Waals surface area contributed by atoms with Gasteiger partial charge in [-0.2, -0.15) is 18.4 Å². The van der Waals surface area contributed by atoms with E-state index in [9.17, 15) is 31.6 Å². The van der Waals surface area contributed by atoms with E-state index >= 15 is 0 Å². The molecule has 0 aliphatic heterocycles. The van der Waals surface area contributed by atoms with E-state index in [0.717, 1.165) is 43.5 Å². The Bertz CT molecular complexity index is 1210. The monoisotopic (exact) mass is 538 g/mol. The predicted octanol–water partition coefficient (Wildman–Crippen LogP) is 3.02. The Labute approximate surface area is 213 Å². The highest BCUT2D eigenvalue weighted by atomic mass is 32.2. The van der Waals surface area contributed by atoms with Gasteiger partial charge in [0.2, 0.25) is 0 Å². The molecule has 200 valence electrons. The van der Waals surface area contributed by atoms with Crippen molar-refractivity contribution in [2.24, 2.45) is 11.7 Å².